The third kappa shape index (κ3) is 6.24. The summed E-state index contributed by atoms with van der Waals surface area (Å²) in [5.74, 6) is 1.57. The lowest BCUT2D eigenvalue weighted by Crippen LogP contribution is -2.39. The van der Waals surface area contributed by atoms with Gasteiger partial charge in [-0.1, -0.05) is 0 Å². The number of hydrogen-bond acceptors (Lipinski definition) is 5. The SMILES string of the molecule is Cc1ccc(C=NNC(=S)NCCCN2CCOCC2)o1. The Bertz CT molecular complexity index is 469. The van der Waals surface area contributed by atoms with E-state index in [1.807, 2.05) is 19.1 Å². The fraction of sp³-hybridized carbons (Fsp3) is 0.571. The van der Waals surface area contributed by atoms with Gasteiger partial charge in [0, 0.05) is 19.6 Å². The molecule has 2 N–H and O–H groups in total. The number of aryl methyl sites for hydroxylation is 1. The number of nitrogens with zero attached hydrogens (tertiary/aromatic N) is 2. The molecule has 0 amide bonds. The van der Waals surface area contributed by atoms with Gasteiger partial charge in [0.05, 0.1) is 19.4 Å². The third-order valence-corrected chi connectivity index (χ3v) is 3.40. The summed E-state index contributed by atoms with van der Waals surface area (Å²) >= 11 is 5.14. The van der Waals surface area contributed by atoms with Crippen LogP contribution in [0.1, 0.15) is 17.9 Å². The molecule has 1 aliphatic heterocycles. The molecule has 0 spiro atoms. The van der Waals surface area contributed by atoms with Crippen molar-refractivity contribution in [2.75, 3.05) is 39.4 Å². The van der Waals surface area contributed by atoms with Crippen molar-refractivity contribution >= 4 is 23.5 Å². The van der Waals surface area contributed by atoms with E-state index in [4.69, 9.17) is 21.4 Å². The molecule has 0 radical (unpaired) electrons. The van der Waals surface area contributed by atoms with Crippen molar-refractivity contribution in [2.24, 2.45) is 5.10 Å². The van der Waals surface area contributed by atoms with Crippen LogP contribution in [-0.4, -0.2) is 55.6 Å². The van der Waals surface area contributed by atoms with E-state index in [2.05, 4.69) is 20.7 Å². The van der Waals surface area contributed by atoms with E-state index in [9.17, 15) is 0 Å². The standard InChI is InChI=1S/C14H22N4O2S/c1-12-3-4-13(20-12)11-16-17-14(21)15-5-2-6-18-7-9-19-10-8-18/h3-4,11H,2,5-10H2,1H3,(H2,15,17,21). The Kier molecular flexibility index (Phi) is 6.65. The first kappa shape index (κ1) is 15.9. The van der Waals surface area contributed by atoms with Gasteiger partial charge in [0.1, 0.15) is 11.5 Å². The van der Waals surface area contributed by atoms with Gasteiger partial charge in [0.25, 0.3) is 0 Å². The number of hydrazone groups is 1. The Morgan fingerprint density at radius 1 is 1.43 bits per heavy atom. The van der Waals surface area contributed by atoms with Gasteiger partial charge in [-0.15, -0.1) is 0 Å². The molecule has 2 heterocycles. The lowest BCUT2D eigenvalue weighted by atomic mass is 10.3. The van der Waals surface area contributed by atoms with E-state index in [0.29, 0.717) is 10.9 Å². The van der Waals surface area contributed by atoms with Crippen LogP contribution in [0.3, 0.4) is 0 Å². The third-order valence-electron chi connectivity index (χ3n) is 3.16. The van der Waals surface area contributed by atoms with Crippen LogP contribution in [0.5, 0.6) is 0 Å². The first-order chi connectivity index (χ1) is 10.2. The maximum atomic E-state index is 5.36. The molecule has 1 saturated heterocycles. The highest BCUT2D eigenvalue weighted by Crippen LogP contribution is 2.02. The van der Waals surface area contributed by atoms with Crippen LogP contribution in [0.4, 0.5) is 0 Å². The number of hydrogen-bond donors (Lipinski definition) is 2. The van der Waals surface area contributed by atoms with E-state index >= 15 is 0 Å². The molecule has 0 saturated carbocycles. The number of ether oxygens (including phenoxy) is 1. The van der Waals surface area contributed by atoms with E-state index in [0.717, 1.165) is 51.6 Å². The Morgan fingerprint density at radius 2 is 2.24 bits per heavy atom. The number of furan rings is 1. The molecular formula is C14H22N4O2S. The topological polar surface area (TPSA) is 62.0 Å². The van der Waals surface area contributed by atoms with Crippen LogP contribution in [0.25, 0.3) is 0 Å². The zero-order valence-corrected chi connectivity index (χ0v) is 13.1. The summed E-state index contributed by atoms with van der Waals surface area (Å²) < 4.78 is 10.7. The van der Waals surface area contributed by atoms with Crippen LogP contribution in [0, 0.1) is 6.92 Å². The number of morpholine rings is 1. The molecular weight excluding hydrogens is 288 g/mol. The van der Waals surface area contributed by atoms with Crippen LogP contribution >= 0.6 is 12.2 Å². The normalized spacial score (nSPS) is 16.2. The maximum absolute atomic E-state index is 5.36. The summed E-state index contributed by atoms with van der Waals surface area (Å²) in [4.78, 5) is 2.40. The molecule has 116 valence electrons. The lowest BCUT2D eigenvalue weighted by Gasteiger charge is -2.26. The fourth-order valence-corrected chi connectivity index (χ4v) is 2.20. The predicted molar refractivity (Wildman–Crippen MR) is 86.7 cm³/mol. The maximum Gasteiger partial charge on any atom is 0.186 e. The minimum atomic E-state index is 0.525. The average molecular weight is 310 g/mol. The molecule has 1 aromatic heterocycles. The Labute approximate surface area is 130 Å². The second kappa shape index (κ2) is 8.76. The molecule has 1 fully saturated rings. The highest BCUT2D eigenvalue weighted by atomic mass is 32.1. The van der Waals surface area contributed by atoms with Crippen molar-refractivity contribution < 1.29 is 9.15 Å². The summed E-state index contributed by atoms with van der Waals surface area (Å²) in [5, 5.41) is 7.68. The van der Waals surface area contributed by atoms with Crippen molar-refractivity contribution in [3.8, 4) is 0 Å². The molecule has 0 bridgehead atoms. The van der Waals surface area contributed by atoms with E-state index < -0.39 is 0 Å². The van der Waals surface area contributed by atoms with E-state index in [1.54, 1.807) is 6.21 Å². The van der Waals surface area contributed by atoms with Crippen molar-refractivity contribution in [3.05, 3.63) is 23.7 Å². The minimum absolute atomic E-state index is 0.525. The number of thiocarbonyl (C=S) groups is 1. The highest BCUT2D eigenvalue weighted by molar-refractivity contribution is 7.80. The van der Waals surface area contributed by atoms with Crippen molar-refractivity contribution in [2.45, 2.75) is 13.3 Å². The summed E-state index contributed by atoms with van der Waals surface area (Å²) in [6.45, 7) is 7.52. The molecule has 0 aliphatic carbocycles. The van der Waals surface area contributed by atoms with E-state index in [1.165, 1.54) is 0 Å². The van der Waals surface area contributed by atoms with Gasteiger partial charge in [-0.05, 0) is 44.2 Å². The zero-order chi connectivity index (χ0) is 14.9. The Hall–Kier alpha value is -1.44. The minimum Gasteiger partial charge on any atom is -0.460 e. The van der Waals surface area contributed by atoms with Gasteiger partial charge in [0.2, 0.25) is 0 Å². The summed E-state index contributed by atoms with van der Waals surface area (Å²) in [6, 6.07) is 3.75. The van der Waals surface area contributed by atoms with Gasteiger partial charge in [-0.25, -0.2) is 0 Å². The first-order valence-corrected chi connectivity index (χ1v) is 7.58. The quantitative estimate of drug-likeness (QED) is 0.355. The highest BCUT2D eigenvalue weighted by Gasteiger charge is 2.08. The van der Waals surface area contributed by atoms with Gasteiger partial charge >= 0.3 is 0 Å². The molecule has 0 unspecified atom stereocenters. The zero-order valence-electron chi connectivity index (χ0n) is 12.3. The average Bonchev–Trinajstić information content (AvgIpc) is 2.90. The Morgan fingerprint density at radius 3 is 2.95 bits per heavy atom. The predicted octanol–water partition coefficient (Wildman–Crippen LogP) is 1.11. The second-order valence-electron chi connectivity index (χ2n) is 4.88. The molecule has 2 rings (SSSR count). The number of nitrogens with one attached hydrogen (secondary N) is 2. The van der Waals surface area contributed by atoms with Gasteiger partial charge < -0.3 is 14.5 Å². The van der Waals surface area contributed by atoms with Gasteiger partial charge in [-0.3, -0.25) is 10.3 Å². The summed E-state index contributed by atoms with van der Waals surface area (Å²) in [7, 11) is 0. The molecule has 21 heavy (non-hydrogen) atoms. The smallest absolute Gasteiger partial charge is 0.186 e. The lowest BCUT2D eigenvalue weighted by molar-refractivity contribution is 0.0376. The van der Waals surface area contributed by atoms with E-state index in [-0.39, 0.29) is 0 Å². The molecule has 1 aliphatic rings. The monoisotopic (exact) mass is 310 g/mol. The molecule has 1 aromatic rings. The van der Waals surface area contributed by atoms with Crippen LogP contribution in [-0.2, 0) is 4.74 Å². The molecule has 0 atom stereocenters. The van der Waals surface area contributed by atoms with Gasteiger partial charge in [0.15, 0.2) is 5.11 Å². The number of rotatable bonds is 6. The molecule has 6 nitrogen and oxygen atoms in total. The van der Waals surface area contributed by atoms with Gasteiger partial charge in [-0.2, -0.15) is 5.10 Å². The summed E-state index contributed by atoms with van der Waals surface area (Å²) in [6.07, 6.45) is 2.65. The molecule has 7 heteroatoms. The van der Waals surface area contributed by atoms with Crippen LogP contribution in [0.2, 0.25) is 0 Å². The molecule has 0 aromatic carbocycles. The fourth-order valence-electron chi connectivity index (χ4n) is 2.05. The largest absolute Gasteiger partial charge is 0.460 e. The van der Waals surface area contributed by atoms with Crippen molar-refractivity contribution in [1.29, 1.82) is 0 Å². The van der Waals surface area contributed by atoms with Crippen LogP contribution in [0.15, 0.2) is 21.7 Å². The first-order valence-electron chi connectivity index (χ1n) is 7.17. The van der Waals surface area contributed by atoms with Crippen molar-refractivity contribution in [1.82, 2.24) is 15.6 Å². The summed E-state index contributed by atoms with van der Waals surface area (Å²) in [5.41, 5.74) is 2.78. The second-order valence-corrected chi connectivity index (χ2v) is 5.29. The Balaban J connectivity index is 1.54. The van der Waals surface area contributed by atoms with Crippen LogP contribution < -0.4 is 10.7 Å². The van der Waals surface area contributed by atoms with Crippen molar-refractivity contribution in [3.63, 3.8) is 0 Å².